The topological polar surface area (TPSA) is 48.1 Å². The molecule has 0 saturated carbocycles. The molecule has 0 fully saturated rings. The van der Waals surface area contributed by atoms with Crippen molar-refractivity contribution in [3.63, 3.8) is 0 Å². The van der Waals surface area contributed by atoms with Crippen LogP contribution in [-0.4, -0.2) is 4.98 Å². The first-order valence-electron chi connectivity index (χ1n) is 6.37. The molecule has 2 aromatic rings. The number of pyridine rings is 1. The van der Waals surface area contributed by atoms with Crippen molar-refractivity contribution in [1.29, 1.82) is 0 Å². The van der Waals surface area contributed by atoms with Gasteiger partial charge in [0.1, 0.15) is 10.8 Å². The highest BCUT2D eigenvalue weighted by Gasteiger charge is 2.05. The third-order valence-electron chi connectivity index (χ3n) is 2.79. The maximum atomic E-state index is 6.01. The van der Waals surface area contributed by atoms with E-state index in [0.29, 0.717) is 16.6 Å². The van der Waals surface area contributed by atoms with Gasteiger partial charge in [0, 0.05) is 0 Å². The summed E-state index contributed by atoms with van der Waals surface area (Å²) < 4.78 is 5.62. The van der Waals surface area contributed by atoms with Gasteiger partial charge in [-0.15, -0.1) is 0 Å². The Balaban J connectivity index is 2.06. The van der Waals surface area contributed by atoms with Crippen molar-refractivity contribution in [3.8, 4) is 11.6 Å². The minimum Gasteiger partial charge on any atom is -0.438 e. The van der Waals surface area contributed by atoms with Crippen LogP contribution in [0.5, 0.6) is 11.6 Å². The second-order valence-corrected chi connectivity index (χ2v) is 4.81. The zero-order valence-corrected chi connectivity index (χ0v) is 11.7. The largest absolute Gasteiger partial charge is 0.438 e. The molecule has 0 aliphatic heterocycles. The fourth-order valence-electron chi connectivity index (χ4n) is 1.73. The zero-order chi connectivity index (χ0) is 13.7. The number of halogens is 1. The quantitative estimate of drug-likeness (QED) is 0.877. The van der Waals surface area contributed by atoms with Crippen LogP contribution in [0.3, 0.4) is 0 Å². The number of hydrogen-bond acceptors (Lipinski definition) is 3. The summed E-state index contributed by atoms with van der Waals surface area (Å²) in [4.78, 5) is 4.07. The van der Waals surface area contributed by atoms with Gasteiger partial charge in [0.15, 0.2) is 0 Å². The van der Waals surface area contributed by atoms with E-state index in [1.54, 1.807) is 6.07 Å². The molecule has 19 heavy (non-hydrogen) atoms. The van der Waals surface area contributed by atoms with Crippen LogP contribution < -0.4 is 10.5 Å². The summed E-state index contributed by atoms with van der Waals surface area (Å²) in [5, 5.41) is 0.412. The summed E-state index contributed by atoms with van der Waals surface area (Å²) in [6.45, 7) is 2.19. The second kappa shape index (κ2) is 6.43. The highest BCUT2D eigenvalue weighted by molar-refractivity contribution is 6.32. The maximum absolute atomic E-state index is 6.01. The van der Waals surface area contributed by atoms with Crippen LogP contribution >= 0.6 is 11.6 Å². The lowest BCUT2D eigenvalue weighted by atomic mass is 10.1. The number of anilines is 1. The summed E-state index contributed by atoms with van der Waals surface area (Å²) in [6, 6.07) is 9.62. The van der Waals surface area contributed by atoms with Crippen LogP contribution in [0.15, 0.2) is 36.5 Å². The van der Waals surface area contributed by atoms with E-state index >= 15 is 0 Å². The van der Waals surface area contributed by atoms with Crippen molar-refractivity contribution in [3.05, 3.63) is 47.1 Å². The Morgan fingerprint density at radius 2 is 2.00 bits per heavy atom. The van der Waals surface area contributed by atoms with Gasteiger partial charge < -0.3 is 10.5 Å². The van der Waals surface area contributed by atoms with Gasteiger partial charge in [-0.3, -0.25) is 0 Å². The third kappa shape index (κ3) is 3.86. The van der Waals surface area contributed by atoms with Crippen molar-refractivity contribution >= 4 is 17.3 Å². The molecule has 2 N–H and O–H groups in total. The Labute approximate surface area is 118 Å². The molecule has 4 heteroatoms. The molecule has 2 rings (SSSR count). The summed E-state index contributed by atoms with van der Waals surface area (Å²) in [7, 11) is 0. The number of nitrogen functional groups attached to an aromatic ring is 1. The fraction of sp³-hybridized carbons (Fsp3) is 0.267. The van der Waals surface area contributed by atoms with Crippen LogP contribution in [0, 0.1) is 0 Å². The highest BCUT2D eigenvalue weighted by atomic mass is 35.5. The van der Waals surface area contributed by atoms with E-state index in [1.165, 1.54) is 24.6 Å². The lowest BCUT2D eigenvalue weighted by molar-refractivity contribution is 0.463. The molecule has 0 radical (unpaired) electrons. The molecule has 1 aromatic carbocycles. The Morgan fingerprint density at radius 3 is 2.63 bits per heavy atom. The van der Waals surface area contributed by atoms with Gasteiger partial charge in [0.25, 0.3) is 0 Å². The first kappa shape index (κ1) is 13.7. The molecular formula is C15H17ClN2O. The maximum Gasteiger partial charge on any atom is 0.238 e. The molecule has 1 heterocycles. The number of nitrogens with zero attached hydrogens (tertiary/aromatic N) is 1. The summed E-state index contributed by atoms with van der Waals surface area (Å²) in [5.41, 5.74) is 7.42. The minimum absolute atomic E-state index is 0.372. The number of benzene rings is 1. The predicted octanol–water partition coefficient (Wildman–Crippen LogP) is 4.45. The standard InChI is InChI=1S/C15H17ClN2O/c1-2-3-4-11-5-7-13(8-6-11)19-15-14(16)9-12(17)10-18-15/h5-10H,2-4,17H2,1H3. The van der Waals surface area contributed by atoms with E-state index in [-0.39, 0.29) is 0 Å². The van der Waals surface area contributed by atoms with Crippen LogP contribution in [0.25, 0.3) is 0 Å². The lowest BCUT2D eigenvalue weighted by Crippen LogP contribution is -1.92. The van der Waals surface area contributed by atoms with Crippen molar-refractivity contribution in [1.82, 2.24) is 4.98 Å². The van der Waals surface area contributed by atoms with Gasteiger partial charge in [0.05, 0.1) is 11.9 Å². The molecule has 0 unspecified atom stereocenters. The molecule has 0 amide bonds. The van der Waals surface area contributed by atoms with E-state index in [4.69, 9.17) is 22.1 Å². The number of aryl methyl sites for hydroxylation is 1. The first-order valence-corrected chi connectivity index (χ1v) is 6.74. The Bertz CT molecular complexity index is 540. The molecule has 1 aromatic heterocycles. The molecule has 0 aliphatic carbocycles. The second-order valence-electron chi connectivity index (χ2n) is 4.41. The van der Waals surface area contributed by atoms with Gasteiger partial charge >= 0.3 is 0 Å². The molecule has 0 saturated heterocycles. The molecule has 0 spiro atoms. The van der Waals surface area contributed by atoms with Gasteiger partial charge in [-0.1, -0.05) is 37.1 Å². The average Bonchev–Trinajstić information content (AvgIpc) is 2.41. The van der Waals surface area contributed by atoms with Crippen molar-refractivity contribution in [2.75, 3.05) is 5.73 Å². The molecule has 3 nitrogen and oxygen atoms in total. The van der Waals surface area contributed by atoms with Crippen molar-refractivity contribution < 1.29 is 4.74 Å². The molecular weight excluding hydrogens is 260 g/mol. The fourth-order valence-corrected chi connectivity index (χ4v) is 1.95. The van der Waals surface area contributed by atoms with Crippen molar-refractivity contribution in [2.45, 2.75) is 26.2 Å². The van der Waals surface area contributed by atoms with Crippen LogP contribution in [0.1, 0.15) is 25.3 Å². The molecule has 0 aliphatic rings. The Kier molecular flexibility index (Phi) is 4.63. The number of hydrogen-bond donors (Lipinski definition) is 1. The Hall–Kier alpha value is -1.74. The first-order chi connectivity index (χ1) is 9.19. The van der Waals surface area contributed by atoms with E-state index in [2.05, 4.69) is 24.0 Å². The van der Waals surface area contributed by atoms with E-state index in [0.717, 1.165) is 12.2 Å². The molecule has 0 bridgehead atoms. The number of aromatic nitrogens is 1. The average molecular weight is 277 g/mol. The SMILES string of the molecule is CCCCc1ccc(Oc2ncc(N)cc2Cl)cc1. The number of rotatable bonds is 5. The van der Waals surface area contributed by atoms with E-state index in [9.17, 15) is 0 Å². The lowest BCUT2D eigenvalue weighted by Gasteiger charge is -2.07. The van der Waals surface area contributed by atoms with Gasteiger partial charge in [-0.2, -0.15) is 0 Å². The summed E-state index contributed by atoms with van der Waals surface area (Å²) in [6.07, 6.45) is 5.02. The van der Waals surface area contributed by atoms with Crippen LogP contribution in [-0.2, 0) is 6.42 Å². The van der Waals surface area contributed by atoms with E-state index < -0.39 is 0 Å². The van der Waals surface area contributed by atoms with Gasteiger partial charge in [0.2, 0.25) is 5.88 Å². The highest BCUT2D eigenvalue weighted by Crippen LogP contribution is 2.28. The number of unbranched alkanes of at least 4 members (excludes halogenated alkanes) is 1. The number of ether oxygens (including phenoxy) is 1. The molecule has 100 valence electrons. The smallest absolute Gasteiger partial charge is 0.238 e. The van der Waals surface area contributed by atoms with Crippen LogP contribution in [0.4, 0.5) is 5.69 Å². The predicted molar refractivity (Wildman–Crippen MR) is 78.8 cm³/mol. The minimum atomic E-state index is 0.372. The van der Waals surface area contributed by atoms with E-state index in [1.807, 2.05) is 12.1 Å². The van der Waals surface area contributed by atoms with Gasteiger partial charge in [-0.05, 0) is 36.6 Å². The van der Waals surface area contributed by atoms with Gasteiger partial charge in [-0.25, -0.2) is 4.98 Å². The zero-order valence-electron chi connectivity index (χ0n) is 10.9. The normalized spacial score (nSPS) is 10.4. The van der Waals surface area contributed by atoms with Crippen molar-refractivity contribution in [2.24, 2.45) is 0 Å². The third-order valence-corrected chi connectivity index (χ3v) is 3.06. The molecule has 0 atom stereocenters. The monoisotopic (exact) mass is 276 g/mol. The Morgan fingerprint density at radius 1 is 1.26 bits per heavy atom. The number of nitrogens with two attached hydrogens (primary N) is 1. The summed E-state index contributed by atoms with van der Waals surface area (Å²) in [5.74, 6) is 1.09. The van der Waals surface area contributed by atoms with Crippen LogP contribution in [0.2, 0.25) is 5.02 Å². The summed E-state index contributed by atoms with van der Waals surface area (Å²) >= 11 is 6.01.